The molecule has 2 amide bonds. The van der Waals surface area contributed by atoms with Crippen LogP contribution in [0.15, 0.2) is 91.0 Å². The van der Waals surface area contributed by atoms with Crippen molar-refractivity contribution in [2.24, 2.45) is 0 Å². The quantitative estimate of drug-likeness (QED) is 0.296. The number of carbonyl (C=O) groups is 2. The summed E-state index contributed by atoms with van der Waals surface area (Å²) >= 11 is 0. The van der Waals surface area contributed by atoms with Gasteiger partial charge in [0.15, 0.2) is 11.5 Å². The van der Waals surface area contributed by atoms with E-state index in [1.54, 1.807) is 29.2 Å². The Labute approximate surface area is 248 Å². The predicted molar refractivity (Wildman–Crippen MR) is 163 cm³/mol. The number of benzene rings is 4. The summed E-state index contributed by atoms with van der Waals surface area (Å²) in [6.45, 7) is 1.94. The lowest BCUT2D eigenvalue weighted by Gasteiger charge is -2.19. The summed E-state index contributed by atoms with van der Waals surface area (Å²) in [5.74, 6) is 7.41. The monoisotopic (exact) mass is 568 g/mol. The number of likely N-dealkylation sites (tertiary alicyclic amines) is 1. The van der Waals surface area contributed by atoms with Crippen LogP contribution in [0.3, 0.4) is 0 Å². The Hall–Kier alpha value is -5.55. The Morgan fingerprint density at radius 1 is 0.860 bits per heavy atom. The molecule has 7 rings (SSSR count). The van der Waals surface area contributed by atoms with E-state index >= 15 is 0 Å². The highest BCUT2D eigenvalue weighted by molar-refractivity contribution is 5.99. The van der Waals surface area contributed by atoms with Gasteiger partial charge in [0.1, 0.15) is 18.9 Å². The van der Waals surface area contributed by atoms with E-state index in [4.69, 9.17) is 9.47 Å². The molecule has 8 nitrogen and oxygen atoms in total. The maximum atomic E-state index is 13.5. The molecule has 43 heavy (non-hydrogen) atoms. The van der Waals surface area contributed by atoms with Crippen molar-refractivity contribution >= 4 is 22.7 Å². The molecule has 0 bridgehead atoms. The van der Waals surface area contributed by atoms with E-state index in [9.17, 15) is 9.59 Å². The number of nitrogens with zero attached hydrogens (tertiary/aromatic N) is 2. The largest absolute Gasteiger partial charge is 0.486 e. The number of amides is 2. The smallest absolute Gasteiger partial charge is 0.253 e. The van der Waals surface area contributed by atoms with Gasteiger partial charge in [-0.05, 0) is 65.9 Å². The first-order valence-electron chi connectivity index (χ1n) is 14.3. The van der Waals surface area contributed by atoms with Gasteiger partial charge in [0, 0.05) is 41.2 Å². The lowest BCUT2D eigenvalue weighted by Crippen LogP contribution is -2.38. The number of hydrogen-bond donors (Lipinski definition) is 2. The van der Waals surface area contributed by atoms with Crippen LogP contribution in [0.4, 0.5) is 0 Å². The molecule has 2 aliphatic rings. The SMILES string of the molecule is O=C(N[C@H]1CCN(C(=O)c2ccc3[nH]nc(C#Cc4ccccc4-c4ccccc4)c3c2)C1)c1ccc2c(c1)OCCO2. The van der Waals surface area contributed by atoms with E-state index in [-0.39, 0.29) is 17.9 Å². The van der Waals surface area contributed by atoms with Gasteiger partial charge in [-0.15, -0.1) is 0 Å². The Balaban J connectivity index is 1.06. The third-order valence-corrected chi connectivity index (χ3v) is 7.75. The third kappa shape index (κ3) is 5.41. The second-order valence-corrected chi connectivity index (χ2v) is 10.6. The number of fused-ring (bicyclic) bond motifs is 2. The van der Waals surface area contributed by atoms with E-state index in [0.717, 1.165) is 27.6 Å². The van der Waals surface area contributed by atoms with Crippen LogP contribution in [0.5, 0.6) is 11.5 Å². The average Bonchev–Trinajstić information content (AvgIpc) is 3.70. The fourth-order valence-corrected chi connectivity index (χ4v) is 5.53. The summed E-state index contributed by atoms with van der Waals surface area (Å²) < 4.78 is 11.1. The topological polar surface area (TPSA) is 96.6 Å². The minimum absolute atomic E-state index is 0.0903. The minimum atomic E-state index is -0.201. The van der Waals surface area contributed by atoms with Gasteiger partial charge < -0.3 is 19.7 Å². The van der Waals surface area contributed by atoms with Gasteiger partial charge in [0.2, 0.25) is 0 Å². The van der Waals surface area contributed by atoms with Crippen LogP contribution < -0.4 is 14.8 Å². The van der Waals surface area contributed by atoms with Crippen molar-refractivity contribution in [2.45, 2.75) is 12.5 Å². The van der Waals surface area contributed by atoms with Crippen molar-refractivity contribution in [1.29, 1.82) is 0 Å². The molecule has 5 aromatic rings. The lowest BCUT2D eigenvalue weighted by molar-refractivity contribution is 0.0783. The highest BCUT2D eigenvalue weighted by atomic mass is 16.6. The van der Waals surface area contributed by atoms with Crippen LogP contribution >= 0.6 is 0 Å². The molecule has 0 saturated carbocycles. The zero-order valence-electron chi connectivity index (χ0n) is 23.3. The Morgan fingerprint density at radius 2 is 1.65 bits per heavy atom. The second-order valence-electron chi connectivity index (χ2n) is 10.6. The van der Waals surface area contributed by atoms with E-state index in [1.165, 1.54) is 0 Å². The van der Waals surface area contributed by atoms with E-state index < -0.39 is 0 Å². The molecule has 2 aliphatic heterocycles. The van der Waals surface area contributed by atoms with Crippen LogP contribution in [0.2, 0.25) is 0 Å². The zero-order valence-corrected chi connectivity index (χ0v) is 23.3. The summed E-state index contributed by atoms with van der Waals surface area (Å²) in [5.41, 5.74) is 5.50. The fourth-order valence-electron chi connectivity index (χ4n) is 5.53. The molecular weight excluding hydrogens is 540 g/mol. The van der Waals surface area contributed by atoms with E-state index in [0.29, 0.717) is 61.0 Å². The van der Waals surface area contributed by atoms with Crippen molar-refractivity contribution in [3.63, 3.8) is 0 Å². The summed E-state index contributed by atoms with van der Waals surface area (Å²) in [5, 5.41) is 11.3. The summed E-state index contributed by atoms with van der Waals surface area (Å²) in [7, 11) is 0. The normalized spacial score (nSPS) is 15.5. The van der Waals surface area contributed by atoms with Gasteiger partial charge in [-0.2, -0.15) is 5.10 Å². The highest BCUT2D eigenvalue weighted by Crippen LogP contribution is 2.31. The van der Waals surface area contributed by atoms with Crippen LogP contribution in [0, 0.1) is 11.8 Å². The molecule has 3 heterocycles. The molecule has 2 N–H and O–H groups in total. The van der Waals surface area contributed by atoms with Gasteiger partial charge in [-0.1, -0.05) is 54.5 Å². The van der Waals surface area contributed by atoms with E-state index in [1.807, 2.05) is 48.5 Å². The molecule has 212 valence electrons. The molecular formula is C35H28N4O4. The van der Waals surface area contributed by atoms with Crippen molar-refractivity contribution < 1.29 is 19.1 Å². The number of aromatic amines is 1. The maximum absolute atomic E-state index is 13.5. The van der Waals surface area contributed by atoms with Crippen molar-refractivity contribution in [3.8, 4) is 34.5 Å². The summed E-state index contributed by atoms with van der Waals surface area (Å²) in [4.78, 5) is 28.2. The Bertz CT molecular complexity index is 1900. The Kier molecular flexibility index (Phi) is 6.97. The molecule has 1 fully saturated rings. The third-order valence-electron chi connectivity index (χ3n) is 7.75. The first kappa shape index (κ1) is 26.4. The van der Waals surface area contributed by atoms with Crippen LogP contribution in [0.25, 0.3) is 22.0 Å². The highest BCUT2D eigenvalue weighted by Gasteiger charge is 2.29. The molecule has 0 radical (unpaired) electrons. The maximum Gasteiger partial charge on any atom is 0.253 e. The molecule has 4 aromatic carbocycles. The number of ether oxygens (including phenoxy) is 2. The van der Waals surface area contributed by atoms with Gasteiger partial charge in [-0.3, -0.25) is 14.7 Å². The molecule has 1 saturated heterocycles. The molecule has 8 heteroatoms. The molecule has 1 atom stereocenters. The molecule has 0 aliphatic carbocycles. The van der Waals surface area contributed by atoms with Crippen molar-refractivity contribution in [2.75, 3.05) is 26.3 Å². The lowest BCUT2D eigenvalue weighted by atomic mass is 10.00. The predicted octanol–water partition coefficient (Wildman–Crippen LogP) is 5.05. The number of nitrogens with one attached hydrogen (secondary N) is 2. The first-order valence-corrected chi connectivity index (χ1v) is 14.3. The van der Waals surface area contributed by atoms with Crippen LogP contribution in [-0.4, -0.2) is 59.3 Å². The van der Waals surface area contributed by atoms with Gasteiger partial charge >= 0.3 is 0 Å². The summed E-state index contributed by atoms with van der Waals surface area (Å²) in [6, 6.07) is 28.7. The minimum Gasteiger partial charge on any atom is -0.486 e. The Morgan fingerprint density at radius 3 is 2.53 bits per heavy atom. The first-order chi connectivity index (χ1) is 21.1. The average molecular weight is 569 g/mol. The molecule has 0 unspecified atom stereocenters. The molecule has 0 spiro atoms. The van der Waals surface area contributed by atoms with Crippen LogP contribution in [0.1, 0.15) is 38.4 Å². The van der Waals surface area contributed by atoms with Crippen molar-refractivity contribution in [1.82, 2.24) is 20.4 Å². The standard InChI is InChI=1S/C35H28N4O4/c40-34(25-12-15-32-33(21-25)43-19-18-42-32)36-27-16-17-39(22-27)35(41)26-11-14-31-29(20-26)30(37-38-31)13-10-24-8-4-5-9-28(24)23-6-2-1-3-7-23/h1-9,11-12,14-15,20-21,27H,16-19,22H2,(H,36,40)(H,37,38)/t27-/m0/s1. The number of carbonyl (C=O) groups excluding carboxylic acids is 2. The number of rotatable bonds is 4. The zero-order chi connectivity index (χ0) is 29.2. The van der Waals surface area contributed by atoms with Gasteiger partial charge in [-0.25, -0.2) is 0 Å². The number of aromatic nitrogens is 2. The number of hydrogen-bond acceptors (Lipinski definition) is 5. The van der Waals surface area contributed by atoms with Gasteiger partial charge in [0.05, 0.1) is 5.52 Å². The fraction of sp³-hybridized carbons (Fsp3) is 0.171. The van der Waals surface area contributed by atoms with Crippen molar-refractivity contribution in [3.05, 3.63) is 113 Å². The van der Waals surface area contributed by atoms with E-state index in [2.05, 4.69) is 45.6 Å². The van der Waals surface area contributed by atoms with Crippen LogP contribution in [-0.2, 0) is 0 Å². The summed E-state index contributed by atoms with van der Waals surface area (Å²) in [6.07, 6.45) is 0.674. The van der Waals surface area contributed by atoms with Gasteiger partial charge in [0.25, 0.3) is 11.8 Å². The second kappa shape index (κ2) is 11.4. The molecule has 1 aromatic heterocycles. The number of H-pyrrole nitrogens is 1.